The summed E-state index contributed by atoms with van der Waals surface area (Å²) in [6, 6.07) is 0. The van der Waals surface area contributed by atoms with Crippen LogP contribution in [-0.4, -0.2) is 75.5 Å². The summed E-state index contributed by atoms with van der Waals surface area (Å²) in [6.45, 7) is 1.56. The van der Waals surface area contributed by atoms with Gasteiger partial charge < -0.3 is 35.6 Å². The molecule has 186 valence electrons. The number of aliphatic hydroxyl groups excluding tert-OH is 2. The van der Waals surface area contributed by atoms with Gasteiger partial charge in [0, 0.05) is 6.42 Å². The maximum absolute atomic E-state index is 10.7. The largest absolute Gasteiger partial charge is 0.481 e. The fourth-order valence-corrected chi connectivity index (χ4v) is 3.54. The van der Waals surface area contributed by atoms with Crippen LogP contribution in [0.25, 0.3) is 11.2 Å². The van der Waals surface area contributed by atoms with Crippen LogP contribution in [-0.2, 0) is 18.6 Å². The topological polar surface area (TPSA) is 223 Å². The third-order valence-electron chi connectivity index (χ3n) is 4.90. The Hall–Kier alpha value is -2.19. The number of ether oxygens (including phenoxy) is 1. The lowest BCUT2D eigenvalue weighted by Crippen LogP contribution is -2.33. The van der Waals surface area contributed by atoms with Gasteiger partial charge in [0.25, 0.3) is 0 Å². The monoisotopic (exact) mass is 491 g/mol. The summed E-state index contributed by atoms with van der Waals surface area (Å²) in [4.78, 5) is 39.2. The number of aliphatic carboxylic acids is 1. The molecule has 3 heterocycles. The van der Waals surface area contributed by atoms with Crippen molar-refractivity contribution >= 4 is 30.8 Å². The lowest BCUT2D eigenvalue weighted by Gasteiger charge is -2.16. The number of aromatic nitrogens is 4. The maximum atomic E-state index is 10.7. The Bertz CT molecular complexity index is 953. The molecule has 1 fully saturated rings. The number of hydrogen-bond acceptors (Lipinski definition) is 10. The van der Waals surface area contributed by atoms with E-state index in [0.717, 1.165) is 12.8 Å². The number of hydrogen-bond donors (Lipinski definition) is 6. The van der Waals surface area contributed by atoms with Crippen molar-refractivity contribution < 1.29 is 43.7 Å². The molecular formula is C18H30N5O9P. The van der Waals surface area contributed by atoms with Gasteiger partial charge in [-0.25, -0.2) is 19.5 Å². The number of nitrogen functional groups attached to an aromatic ring is 1. The number of carboxylic acids is 1. The van der Waals surface area contributed by atoms with Crippen LogP contribution >= 0.6 is 7.82 Å². The second kappa shape index (κ2) is 12.3. The molecule has 0 bridgehead atoms. The molecule has 1 saturated heterocycles. The van der Waals surface area contributed by atoms with Gasteiger partial charge in [0.2, 0.25) is 0 Å². The number of anilines is 1. The standard InChI is InChI=1S/C10H14N5O7P.C8H16O2/c11-8-5-9(13-2-12-8)15(3-14-5)10-7(17)6(16)4(22-10)1-21-23(18,19)20;1-2-3-4-5-6-7-8(9)10/h2-4,6-7,10,16-17H,1H2,(H2,11,12,13)(H2,18,19,20);2-7H2,1H3,(H,9,10)/t4-,6-,7-,10-;/m1./s1. The Kier molecular flexibility index (Phi) is 10.1. The minimum Gasteiger partial charge on any atom is -0.481 e. The van der Waals surface area contributed by atoms with E-state index in [2.05, 4.69) is 26.4 Å². The highest BCUT2D eigenvalue weighted by molar-refractivity contribution is 7.46. The van der Waals surface area contributed by atoms with E-state index in [-0.39, 0.29) is 11.5 Å². The van der Waals surface area contributed by atoms with Gasteiger partial charge in [-0.3, -0.25) is 13.9 Å². The van der Waals surface area contributed by atoms with Crippen LogP contribution in [0, 0.1) is 0 Å². The van der Waals surface area contributed by atoms with Gasteiger partial charge in [0.15, 0.2) is 17.7 Å². The first-order valence-corrected chi connectivity index (χ1v) is 11.9. The molecule has 0 amide bonds. The number of aliphatic hydroxyl groups is 2. The van der Waals surface area contributed by atoms with E-state index in [1.165, 1.54) is 36.5 Å². The van der Waals surface area contributed by atoms with Gasteiger partial charge in [-0.1, -0.05) is 32.6 Å². The zero-order chi connectivity index (χ0) is 24.6. The van der Waals surface area contributed by atoms with Crippen LogP contribution in [0.3, 0.4) is 0 Å². The molecule has 0 unspecified atom stereocenters. The average Bonchev–Trinajstić information content (AvgIpc) is 3.29. The van der Waals surface area contributed by atoms with Crippen LogP contribution in [0.2, 0.25) is 0 Å². The molecule has 0 aromatic carbocycles. The van der Waals surface area contributed by atoms with Crippen LogP contribution in [0.5, 0.6) is 0 Å². The molecule has 33 heavy (non-hydrogen) atoms. The third kappa shape index (κ3) is 7.96. The number of carboxylic acid groups (broad SMARTS) is 1. The van der Waals surface area contributed by atoms with Crippen molar-refractivity contribution in [3.63, 3.8) is 0 Å². The Morgan fingerprint density at radius 3 is 2.52 bits per heavy atom. The highest BCUT2D eigenvalue weighted by atomic mass is 31.2. The lowest BCUT2D eigenvalue weighted by molar-refractivity contribution is -0.137. The molecule has 7 N–H and O–H groups in total. The van der Waals surface area contributed by atoms with Crippen LogP contribution < -0.4 is 5.73 Å². The first-order chi connectivity index (χ1) is 15.5. The summed E-state index contributed by atoms with van der Waals surface area (Å²) in [5.74, 6) is -0.528. The Morgan fingerprint density at radius 2 is 1.88 bits per heavy atom. The Morgan fingerprint density at radius 1 is 1.18 bits per heavy atom. The molecule has 4 atom stereocenters. The Labute approximate surface area is 189 Å². The number of nitrogens with zero attached hydrogens (tertiary/aromatic N) is 4. The number of imidazole rings is 1. The number of nitrogens with two attached hydrogens (primary N) is 1. The molecule has 14 nitrogen and oxygen atoms in total. The molecule has 0 aliphatic carbocycles. The van der Waals surface area contributed by atoms with Crippen molar-refractivity contribution in [2.24, 2.45) is 0 Å². The van der Waals surface area contributed by atoms with Gasteiger partial charge in [-0.2, -0.15) is 0 Å². The summed E-state index contributed by atoms with van der Waals surface area (Å²) in [7, 11) is -4.72. The molecule has 1 aliphatic heterocycles. The van der Waals surface area contributed by atoms with Crippen LogP contribution in [0.1, 0.15) is 51.7 Å². The van der Waals surface area contributed by atoms with E-state index < -0.39 is 44.9 Å². The average molecular weight is 491 g/mol. The lowest BCUT2D eigenvalue weighted by atomic mass is 10.1. The van der Waals surface area contributed by atoms with E-state index in [9.17, 15) is 19.6 Å². The molecule has 2 aromatic heterocycles. The fraction of sp³-hybridized carbons (Fsp3) is 0.667. The SMILES string of the molecule is CCCCCCCC(=O)O.Nc1ncnc2c1ncn2[C@@H]1O[C@H](COP(=O)(O)O)[C@@H](O)[C@H]1O. The summed E-state index contributed by atoms with van der Waals surface area (Å²) >= 11 is 0. The molecule has 1 aliphatic rings. The molecule has 3 rings (SSSR count). The van der Waals surface area contributed by atoms with Crippen molar-refractivity contribution in [1.82, 2.24) is 19.5 Å². The van der Waals surface area contributed by atoms with Gasteiger partial charge in [-0.15, -0.1) is 0 Å². The minimum absolute atomic E-state index is 0.142. The number of carbonyl (C=O) groups is 1. The predicted molar refractivity (Wildman–Crippen MR) is 115 cm³/mol. The van der Waals surface area contributed by atoms with E-state index in [4.69, 9.17) is 25.4 Å². The predicted octanol–water partition coefficient (Wildman–Crippen LogP) is 0.568. The fourth-order valence-electron chi connectivity index (χ4n) is 3.20. The van der Waals surface area contributed by atoms with Crippen molar-refractivity contribution in [3.8, 4) is 0 Å². The van der Waals surface area contributed by atoms with Crippen molar-refractivity contribution in [1.29, 1.82) is 0 Å². The van der Waals surface area contributed by atoms with Gasteiger partial charge >= 0.3 is 13.8 Å². The summed E-state index contributed by atoms with van der Waals surface area (Å²) in [5.41, 5.74) is 6.25. The summed E-state index contributed by atoms with van der Waals surface area (Å²) in [6.07, 6.45) is 3.39. The van der Waals surface area contributed by atoms with E-state index in [0.29, 0.717) is 11.9 Å². The minimum atomic E-state index is -4.72. The summed E-state index contributed by atoms with van der Waals surface area (Å²) < 4.78 is 21.8. The first-order valence-electron chi connectivity index (χ1n) is 10.4. The summed E-state index contributed by atoms with van der Waals surface area (Å²) in [5, 5.41) is 28.3. The number of unbranched alkanes of at least 4 members (excludes halogenated alkanes) is 4. The van der Waals surface area contributed by atoms with E-state index in [1.54, 1.807) is 0 Å². The molecule has 0 radical (unpaired) electrons. The number of fused-ring (bicyclic) bond motifs is 1. The normalized spacial score (nSPS) is 22.8. The third-order valence-corrected chi connectivity index (χ3v) is 5.39. The highest BCUT2D eigenvalue weighted by Crippen LogP contribution is 2.38. The molecule has 0 saturated carbocycles. The van der Waals surface area contributed by atoms with Crippen LogP contribution in [0.15, 0.2) is 12.7 Å². The van der Waals surface area contributed by atoms with E-state index >= 15 is 0 Å². The molecular weight excluding hydrogens is 461 g/mol. The number of rotatable bonds is 10. The first kappa shape index (κ1) is 27.1. The maximum Gasteiger partial charge on any atom is 0.469 e. The molecule has 2 aromatic rings. The second-order valence-corrected chi connectivity index (χ2v) is 8.71. The quantitative estimate of drug-likeness (QED) is 0.198. The van der Waals surface area contributed by atoms with Gasteiger partial charge in [0.1, 0.15) is 30.2 Å². The van der Waals surface area contributed by atoms with Gasteiger partial charge in [0.05, 0.1) is 12.9 Å². The second-order valence-electron chi connectivity index (χ2n) is 7.47. The van der Waals surface area contributed by atoms with Crippen molar-refractivity contribution in [2.75, 3.05) is 12.3 Å². The zero-order valence-electron chi connectivity index (χ0n) is 18.1. The smallest absolute Gasteiger partial charge is 0.469 e. The molecule has 15 heteroatoms. The van der Waals surface area contributed by atoms with Crippen molar-refractivity contribution in [3.05, 3.63) is 12.7 Å². The number of phosphoric ester groups is 1. The van der Waals surface area contributed by atoms with Crippen molar-refractivity contribution in [2.45, 2.75) is 70.0 Å². The molecule has 0 spiro atoms. The number of phosphoric acid groups is 1. The Balaban J connectivity index is 0.000000328. The van der Waals surface area contributed by atoms with Gasteiger partial charge in [-0.05, 0) is 6.42 Å². The zero-order valence-corrected chi connectivity index (χ0v) is 19.0. The van der Waals surface area contributed by atoms with Crippen LogP contribution in [0.4, 0.5) is 5.82 Å². The van der Waals surface area contributed by atoms with E-state index in [1.807, 2.05) is 0 Å². The highest BCUT2D eigenvalue weighted by Gasteiger charge is 2.45.